The number of aromatic nitrogens is 1. The summed E-state index contributed by atoms with van der Waals surface area (Å²) in [6.07, 6.45) is 0. The molecule has 0 saturated carbocycles. The summed E-state index contributed by atoms with van der Waals surface area (Å²) in [4.78, 5) is 30.6. The highest BCUT2D eigenvalue weighted by Crippen LogP contribution is 2.29. The molecule has 0 unspecified atom stereocenters. The quantitative estimate of drug-likeness (QED) is 0.679. The number of aromatic hydroxyl groups is 1. The molecule has 6 nitrogen and oxygen atoms in total. The molecule has 0 saturated heterocycles. The number of carbonyl (C=O) groups is 2. The number of para-hydroxylation sites is 1. The van der Waals surface area contributed by atoms with Crippen LogP contribution in [0.3, 0.4) is 0 Å². The van der Waals surface area contributed by atoms with Gasteiger partial charge in [0.15, 0.2) is 6.61 Å². The van der Waals surface area contributed by atoms with Crippen LogP contribution in [-0.2, 0) is 9.53 Å². The fourth-order valence-electron chi connectivity index (χ4n) is 2.57. The first-order chi connectivity index (χ1) is 12.9. The second kappa shape index (κ2) is 7.75. The summed E-state index contributed by atoms with van der Waals surface area (Å²) < 4.78 is 6.13. The van der Waals surface area contributed by atoms with Crippen molar-refractivity contribution in [3.8, 4) is 5.75 Å². The number of likely N-dealkylation sites (N-methyl/N-ethyl adjacent to an activating group) is 1. The van der Waals surface area contributed by atoms with Gasteiger partial charge in [-0.05, 0) is 43.7 Å². The minimum atomic E-state index is -0.734. The van der Waals surface area contributed by atoms with Crippen molar-refractivity contribution in [2.24, 2.45) is 0 Å². The average Bonchev–Trinajstić information content (AvgIpc) is 3.08. The van der Waals surface area contributed by atoms with Crippen LogP contribution in [0.5, 0.6) is 5.75 Å². The summed E-state index contributed by atoms with van der Waals surface area (Å²) in [5.41, 5.74) is 1.76. The minimum absolute atomic E-state index is 0.0373. The number of ether oxygens (including phenoxy) is 1. The highest BCUT2D eigenvalue weighted by atomic mass is 32.1. The summed E-state index contributed by atoms with van der Waals surface area (Å²) in [5.74, 6) is -1.24. The molecule has 2 aromatic carbocycles. The molecule has 3 aromatic rings. The Morgan fingerprint density at radius 2 is 2.00 bits per heavy atom. The van der Waals surface area contributed by atoms with E-state index in [2.05, 4.69) is 4.98 Å². The van der Waals surface area contributed by atoms with E-state index >= 15 is 0 Å². The fraction of sp³-hybridized carbons (Fsp3) is 0.250. The van der Waals surface area contributed by atoms with Crippen molar-refractivity contribution in [3.63, 3.8) is 0 Å². The predicted octanol–water partition coefficient (Wildman–Crippen LogP) is 3.69. The molecule has 7 heteroatoms. The maximum absolute atomic E-state index is 12.4. The Morgan fingerprint density at radius 1 is 1.26 bits per heavy atom. The standard InChI is InChI=1S/C20H20N2O4S/c1-12-8-9-14(16(23)10-12)20(25)26-11-18(24)22(3)13(2)19-21-15-6-4-5-7-17(15)27-19/h4-10,13,23H,11H2,1-3H3/t13-/m1/s1. The number of phenolic OH excluding ortho intramolecular Hbond substituents is 1. The third kappa shape index (κ3) is 4.09. The molecule has 27 heavy (non-hydrogen) atoms. The van der Waals surface area contributed by atoms with Gasteiger partial charge in [-0.3, -0.25) is 4.79 Å². The third-order valence-corrected chi connectivity index (χ3v) is 5.55. The lowest BCUT2D eigenvalue weighted by atomic mass is 10.1. The molecule has 140 valence electrons. The molecule has 0 radical (unpaired) electrons. The Balaban J connectivity index is 1.63. The first-order valence-corrected chi connectivity index (χ1v) is 9.26. The summed E-state index contributed by atoms with van der Waals surface area (Å²) >= 11 is 1.53. The molecule has 0 fully saturated rings. The fourth-order valence-corrected chi connectivity index (χ4v) is 3.63. The van der Waals surface area contributed by atoms with Gasteiger partial charge >= 0.3 is 5.97 Å². The number of phenols is 1. The van der Waals surface area contributed by atoms with Crippen LogP contribution in [0.25, 0.3) is 10.2 Å². The molecule has 0 aliphatic heterocycles. The Bertz CT molecular complexity index is 966. The molecule has 1 aromatic heterocycles. The van der Waals surface area contributed by atoms with E-state index in [-0.39, 0.29) is 23.3 Å². The van der Waals surface area contributed by atoms with Crippen LogP contribution >= 0.6 is 11.3 Å². The Morgan fingerprint density at radius 3 is 2.70 bits per heavy atom. The van der Waals surface area contributed by atoms with E-state index in [0.29, 0.717) is 0 Å². The van der Waals surface area contributed by atoms with Crippen LogP contribution in [0.4, 0.5) is 0 Å². The Labute approximate surface area is 161 Å². The number of thiazole rings is 1. The maximum Gasteiger partial charge on any atom is 0.342 e. The normalized spacial score (nSPS) is 12.0. The van der Waals surface area contributed by atoms with Gasteiger partial charge in [-0.2, -0.15) is 0 Å². The summed E-state index contributed by atoms with van der Waals surface area (Å²) in [6.45, 7) is 3.28. The zero-order valence-corrected chi connectivity index (χ0v) is 16.1. The number of aryl methyl sites for hydroxylation is 1. The average molecular weight is 384 g/mol. The maximum atomic E-state index is 12.4. The van der Waals surface area contributed by atoms with Gasteiger partial charge in [-0.1, -0.05) is 18.2 Å². The van der Waals surface area contributed by atoms with Crippen molar-refractivity contribution in [1.82, 2.24) is 9.88 Å². The second-order valence-corrected chi connectivity index (χ2v) is 7.36. The van der Waals surface area contributed by atoms with Gasteiger partial charge in [0.1, 0.15) is 16.3 Å². The van der Waals surface area contributed by atoms with Gasteiger partial charge < -0.3 is 14.7 Å². The Hall–Kier alpha value is -2.93. The molecule has 0 aliphatic carbocycles. The topological polar surface area (TPSA) is 79.7 Å². The highest BCUT2D eigenvalue weighted by molar-refractivity contribution is 7.18. The molecule has 1 heterocycles. The van der Waals surface area contributed by atoms with E-state index in [9.17, 15) is 14.7 Å². The first-order valence-electron chi connectivity index (χ1n) is 8.44. The molecule has 1 atom stereocenters. The van der Waals surface area contributed by atoms with E-state index in [4.69, 9.17) is 4.74 Å². The first kappa shape index (κ1) is 18.8. The molecule has 3 rings (SSSR count). The van der Waals surface area contributed by atoms with Crippen molar-refractivity contribution in [1.29, 1.82) is 0 Å². The highest BCUT2D eigenvalue weighted by Gasteiger charge is 2.22. The van der Waals surface area contributed by atoms with E-state index in [1.165, 1.54) is 28.4 Å². The summed E-state index contributed by atoms with van der Waals surface area (Å²) in [7, 11) is 1.65. The number of nitrogens with zero attached hydrogens (tertiary/aromatic N) is 2. The lowest BCUT2D eigenvalue weighted by molar-refractivity contribution is -0.135. The number of hydrogen-bond acceptors (Lipinski definition) is 6. The van der Waals surface area contributed by atoms with Crippen molar-refractivity contribution in [2.45, 2.75) is 19.9 Å². The number of hydrogen-bond donors (Lipinski definition) is 1. The van der Waals surface area contributed by atoms with Crippen molar-refractivity contribution < 1.29 is 19.4 Å². The van der Waals surface area contributed by atoms with E-state index in [0.717, 1.165) is 20.8 Å². The SMILES string of the molecule is Cc1ccc(C(=O)OCC(=O)N(C)[C@H](C)c2nc3ccccc3s2)c(O)c1. The van der Waals surface area contributed by atoms with Crippen LogP contribution in [-0.4, -0.2) is 40.5 Å². The summed E-state index contributed by atoms with van der Waals surface area (Å²) in [5, 5.41) is 10.7. The lowest BCUT2D eigenvalue weighted by Gasteiger charge is -2.23. The third-order valence-electron chi connectivity index (χ3n) is 4.34. The van der Waals surface area contributed by atoms with Crippen LogP contribution in [0, 0.1) is 6.92 Å². The zero-order valence-electron chi connectivity index (χ0n) is 15.3. The number of esters is 1. The monoisotopic (exact) mass is 384 g/mol. The van der Waals surface area contributed by atoms with Crippen LogP contribution in [0.2, 0.25) is 0 Å². The van der Waals surface area contributed by atoms with Crippen molar-refractivity contribution in [3.05, 3.63) is 58.6 Å². The predicted molar refractivity (Wildman–Crippen MR) is 104 cm³/mol. The molecular weight excluding hydrogens is 364 g/mol. The zero-order chi connectivity index (χ0) is 19.6. The number of rotatable bonds is 5. The Kier molecular flexibility index (Phi) is 5.41. The largest absolute Gasteiger partial charge is 0.507 e. The number of fused-ring (bicyclic) bond motifs is 1. The molecule has 0 spiro atoms. The number of amides is 1. The smallest absolute Gasteiger partial charge is 0.342 e. The molecule has 1 N–H and O–H groups in total. The molecule has 0 aliphatic rings. The van der Waals surface area contributed by atoms with Gasteiger partial charge in [0.05, 0.1) is 16.3 Å². The van der Waals surface area contributed by atoms with Gasteiger partial charge in [0, 0.05) is 7.05 Å². The second-order valence-electron chi connectivity index (χ2n) is 6.30. The van der Waals surface area contributed by atoms with Crippen molar-refractivity contribution >= 4 is 33.4 Å². The number of benzene rings is 2. The van der Waals surface area contributed by atoms with Gasteiger partial charge in [-0.15, -0.1) is 11.3 Å². The minimum Gasteiger partial charge on any atom is -0.507 e. The van der Waals surface area contributed by atoms with Crippen LogP contribution in [0.1, 0.15) is 33.9 Å². The van der Waals surface area contributed by atoms with Gasteiger partial charge in [0.25, 0.3) is 5.91 Å². The van der Waals surface area contributed by atoms with Crippen LogP contribution in [0.15, 0.2) is 42.5 Å². The summed E-state index contributed by atoms with van der Waals surface area (Å²) in [6, 6.07) is 12.2. The molecule has 0 bridgehead atoms. The number of carbonyl (C=O) groups excluding carboxylic acids is 2. The van der Waals surface area contributed by atoms with E-state index in [1.807, 2.05) is 31.2 Å². The molecule has 1 amide bonds. The van der Waals surface area contributed by atoms with E-state index in [1.54, 1.807) is 20.0 Å². The lowest BCUT2D eigenvalue weighted by Crippen LogP contribution is -2.33. The van der Waals surface area contributed by atoms with Crippen LogP contribution < -0.4 is 0 Å². The van der Waals surface area contributed by atoms with Crippen molar-refractivity contribution in [2.75, 3.05) is 13.7 Å². The van der Waals surface area contributed by atoms with Gasteiger partial charge in [-0.25, -0.2) is 9.78 Å². The molecular formula is C20H20N2O4S. The van der Waals surface area contributed by atoms with Gasteiger partial charge in [0.2, 0.25) is 0 Å². The van der Waals surface area contributed by atoms with E-state index < -0.39 is 12.6 Å².